The van der Waals surface area contributed by atoms with Crippen LogP contribution in [0.1, 0.15) is 36.1 Å². The van der Waals surface area contributed by atoms with Crippen molar-refractivity contribution in [2.24, 2.45) is 0 Å². The summed E-state index contributed by atoms with van der Waals surface area (Å²) in [4.78, 5) is 26.6. The average molecular weight is 404 g/mol. The van der Waals surface area contributed by atoms with Gasteiger partial charge in [0.15, 0.2) is 11.0 Å². The summed E-state index contributed by atoms with van der Waals surface area (Å²) in [5.41, 5.74) is 0.600. The van der Waals surface area contributed by atoms with Crippen molar-refractivity contribution in [3.8, 4) is 0 Å². The number of hydrogen-bond donors (Lipinski definition) is 1. The Morgan fingerprint density at radius 3 is 2.61 bits per heavy atom. The van der Waals surface area contributed by atoms with Gasteiger partial charge in [0.1, 0.15) is 0 Å². The molecule has 0 saturated carbocycles. The van der Waals surface area contributed by atoms with Crippen molar-refractivity contribution in [3.63, 3.8) is 0 Å². The molecular formula is C19H25N5O3S. The van der Waals surface area contributed by atoms with Crippen LogP contribution in [-0.2, 0) is 16.1 Å². The van der Waals surface area contributed by atoms with E-state index >= 15 is 0 Å². The third kappa shape index (κ3) is 4.90. The van der Waals surface area contributed by atoms with E-state index in [1.54, 1.807) is 12.1 Å². The topological polar surface area (TPSA) is 89.3 Å². The summed E-state index contributed by atoms with van der Waals surface area (Å²) in [6.45, 7) is 6.97. The molecule has 8 nitrogen and oxygen atoms in total. The highest BCUT2D eigenvalue weighted by Gasteiger charge is 2.22. The number of nitrogens with zero attached hydrogens (tertiary/aromatic N) is 4. The number of carbonyl (C=O) groups is 2. The summed E-state index contributed by atoms with van der Waals surface area (Å²) in [5, 5.41) is 12.1. The van der Waals surface area contributed by atoms with Crippen molar-refractivity contribution >= 4 is 23.6 Å². The zero-order valence-corrected chi connectivity index (χ0v) is 16.9. The number of aromatic nitrogens is 3. The SMILES string of the molecule is CCn1c(SCC(=O)N2CCOCC2)nnc1[C@@H](C)NC(=O)c1ccccc1. The summed E-state index contributed by atoms with van der Waals surface area (Å²) in [6, 6.07) is 8.76. The lowest BCUT2D eigenvalue weighted by molar-refractivity contribution is -0.132. The largest absolute Gasteiger partial charge is 0.378 e. The smallest absolute Gasteiger partial charge is 0.251 e. The Kier molecular flexibility index (Phi) is 7.05. The molecule has 2 amide bonds. The molecule has 1 aromatic heterocycles. The highest BCUT2D eigenvalue weighted by Crippen LogP contribution is 2.21. The summed E-state index contributed by atoms with van der Waals surface area (Å²) in [5.74, 6) is 0.901. The van der Waals surface area contributed by atoms with Crippen LogP contribution in [0.25, 0.3) is 0 Å². The number of hydrogen-bond acceptors (Lipinski definition) is 6. The zero-order chi connectivity index (χ0) is 19.9. The van der Waals surface area contributed by atoms with Crippen LogP contribution >= 0.6 is 11.8 Å². The monoisotopic (exact) mass is 403 g/mol. The number of amides is 2. The maximum absolute atomic E-state index is 12.4. The van der Waals surface area contributed by atoms with E-state index in [0.29, 0.717) is 55.1 Å². The molecule has 0 unspecified atom stereocenters. The first-order chi connectivity index (χ1) is 13.6. The van der Waals surface area contributed by atoms with Gasteiger partial charge in [0, 0.05) is 25.2 Å². The number of carbonyl (C=O) groups excluding carboxylic acids is 2. The fraction of sp³-hybridized carbons (Fsp3) is 0.474. The Hall–Kier alpha value is -2.39. The van der Waals surface area contributed by atoms with Crippen LogP contribution in [0.2, 0.25) is 0 Å². The minimum absolute atomic E-state index is 0.0749. The molecule has 1 aromatic carbocycles. The molecule has 0 aliphatic carbocycles. The van der Waals surface area contributed by atoms with Crippen LogP contribution in [0.3, 0.4) is 0 Å². The molecule has 1 aliphatic rings. The molecule has 1 N–H and O–H groups in total. The van der Waals surface area contributed by atoms with Gasteiger partial charge in [-0.15, -0.1) is 10.2 Å². The van der Waals surface area contributed by atoms with Crippen molar-refractivity contribution in [2.45, 2.75) is 31.6 Å². The molecule has 2 heterocycles. The van der Waals surface area contributed by atoms with Crippen LogP contribution in [0, 0.1) is 0 Å². The van der Waals surface area contributed by atoms with E-state index in [4.69, 9.17) is 4.74 Å². The fourth-order valence-corrected chi connectivity index (χ4v) is 3.90. The predicted molar refractivity (Wildman–Crippen MR) is 106 cm³/mol. The Morgan fingerprint density at radius 1 is 1.21 bits per heavy atom. The molecule has 2 aromatic rings. The number of benzene rings is 1. The second-order valence-corrected chi connectivity index (χ2v) is 7.37. The van der Waals surface area contributed by atoms with E-state index in [1.807, 2.05) is 41.5 Å². The molecule has 1 fully saturated rings. The van der Waals surface area contributed by atoms with Gasteiger partial charge >= 0.3 is 0 Å². The van der Waals surface area contributed by atoms with Crippen LogP contribution in [0.5, 0.6) is 0 Å². The van der Waals surface area contributed by atoms with E-state index in [0.717, 1.165) is 0 Å². The number of morpholine rings is 1. The third-order valence-electron chi connectivity index (χ3n) is 4.52. The molecule has 3 rings (SSSR count). The molecule has 9 heteroatoms. The number of ether oxygens (including phenoxy) is 1. The standard InChI is InChI=1S/C19H25N5O3S/c1-3-24-17(14(2)20-18(26)15-7-5-4-6-8-15)21-22-19(24)28-13-16(25)23-9-11-27-12-10-23/h4-8,14H,3,9-13H2,1-2H3,(H,20,26)/t14-/m1/s1. The maximum Gasteiger partial charge on any atom is 0.251 e. The van der Waals surface area contributed by atoms with Crippen LogP contribution in [-0.4, -0.2) is 63.5 Å². The molecule has 28 heavy (non-hydrogen) atoms. The van der Waals surface area contributed by atoms with Crippen LogP contribution in [0.15, 0.2) is 35.5 Å². The van der Waals surface area contributed by atoms with E-state index in [1.165, 1.54) is 11.8 Å². The number of rotatable bonds is 7. The van der Waals surface area contributed by atoms with E-state index in [9.17, 15) is 9.59 Å². The van der Waals surface area contributed by atoms with Gasteiger partial charge in [0.25, 0.3) is 5.91 Å². The molecule has 1 aliphatic heterocycles. The Balaban J connectivity index is 1.62. The highest BCUT2D eigenvalue weighted by atomic mass is 32.2. The lowest BCUT2D eigenvalue weighted by Crippen LogP contribution is -2.41. The van der Waals surface area contributed by atoms with Crippen molar-refractivity contribution in [1.29, 1.82) is 0 Å². The van der Waals surface area contributed by atoms with Crippen LogP contribution < -0.4 is 5.32 Å². The first-order valence-electron chi connectivity index (χ1n) is 9.37. The molecular weight excluding hydrogens is 378 g/mol. The molecule has 1 atom stereocenters. The second-order valence-electron chi connectivity index (χ2n) is 6.43. The molecule has 0 bridgehead atoms. The minimum Gasteiger partial charge on any atom is -0.378 e. The van der Waals surface area contributed by atoms with Crippen molar-refractivity contribution in [3.05, 3.63) is 41.7 Å². The molecule has 150 valence electrons. The van der Waals surface area contributed by atoms with Gasteiger partial charge in [-0.2, -0.15) is 0 Å². The van der Waals surface area contributed by atoms with Crippen molar-refractivity contribution < 1.29 is 14.3 Å². The van der Waals surface area contributed by atoms with Gasteiger partial charge < -0.3 is 19.5 Å². The lowest BCUT2D eigenvalue weighted by atomic mass is 10.2. The summed E-state index contributed by atoms with van der Waals surface area (Å²) in [6.07, 6.45) is 0. The molecule has 0 spiro atoms. The summed E-state index contributed by atoms with van der Waals surface area (Å²) < 4.78 is 7.22. The fourth-order valence-electron chi connectivity index (χ4n) is 2.99. The van der Waals surface area contributed by atoms with Gasteiger partial charge in [-0.05, 0) is 26.0 Å². The predicted octanol–water partition coefficient (Wildman–Crippen LogP) is 1.74. The Bertz CT molecular complexity index is 805. The normalized spacial score (nSPS) is 15.3. The first-order valence-corrected chi connectivity index (χ1v) is 10.4. The summed E-state index contributed by atoms with van der Waals surface area (Å²) >= 11 is 1.37. The quantitative estimate of drug-likeness (QED) is 0.709. The van der Waals surface area contributed by atoms with E-state index in [-0.39, 0.29) is 17.9 Å². The number of thioether (sulfide) groups is 1. The average Bonchev–Trinajstić information content (AvgIpc) is 3.16. The van der Waals surface area contributed by atoms with E-state index in [2.05, 4.69) is 15.5 Å². The Labute approximate surface area is 168 Å². The van der Waals surface area contributed by atoms with Gasteiger partial charge in [-0.25, -0.2) is 0 Å². The first kappa shape index (κ1) is 20.3. The van der Waals surface area contributed by atoms with Gasteiger partial charge in [0.2, 0.25) is 5.91 Å². The van der Waals surface area contributed by atoms with Crippen molar-refractivity contribution in [2.75, 3.05) is 32.1 Å². The van der Waals surface area contributed by atoms with Crippen LogP contribution in [0.4, 0.5) is 0 Å². The zero-order valence-electron chi connectivity index (χ0n) is 16.1. The maximum atomic E-state index is 12.4. The van der Waals surface area contributed by atoms with Gasteiger partial charge in [0.05, 0.1) is 25.0 Å². The molecule has 0 radical (unpaired) electrons. The lowest BCUT2D eigenvalue weighted by Gasteiger charge is -2.26. The molecule has 1 saturated heterocycles. The highest BCUT2D eigenvalue weighted by molar-refractivity contribution is 7.99. The second kappa shape index (κ2) is 9.70. The minimum atomic E-state index is -0.301. The van der Waals surface area contributed by atoms with Crippen molar-refractivity contribution in [1.82, 2.24) is 25.0 Å². The van der Waals surface area contributed by atoms with E-state index < -0.39 is 0 Å². The summed E-state index contributed by atoms with van der Waals surface area (Å²) in [7, 11) is 0. The Morgan fingerprint density at radius 2 is 1.93 bits per heavy atom. The van der Waals surface area contributed by atoms with Gasteiger partial charge in [-0.3, -0.25) is 9.59 Å². The number of nitrogens with one attached hydrogen (secondary N) is 1. The third-order valence-corrected chi connectivity index (χ3v) is 5.47. The van der Waals surface area contributed by atoms with Gasteiger partial charge in [-0.1, -0.05) is 30.0 Å².